The van der Waals surface area contributed by atoms with E-state index in [-0.39, 0.29) is 36.9 Å². The number of unbranched alkanes of at least 4 members (excludes halogenated alkanes) is 14. The number of carbonyl (C=O) groups is 3. The highest BCUT2D eigenvalue weighted by Gasteiger charge is 2.39. The van der Waals surface area contributed by atoms with Crippen LogP contribution in [0.2, 0.25) is 0 Å². The first-order valence-corrected chi connectivity index (χ1v) is 25.4. The predicted octanol–water partition coefficient (Wildman–Crippen LogP) is 7.79. The Hall–Kier alpha value is -1.55. The van der Waals surface area contributed by atoms with Gasteiger partial charge in [0.25, 0.3) is 0 Å². The van der Waals surface area contributed by atoms with Gasteiger partial charge in [-0.05, 0) is 31.6 Å². The summed E-state index contributed by atoms with van der Waals surface area (Å²) < 4.78 is 47.8. The number of aliphatic hydroxyl groups excluding tert-OH is 3. The maximum Gasteiger partial charge on any atom is 0.472 e. The summed E-state index contributed by atoms with van der Waals surface area (Å²) in [5, 5.41) is 30.5. The van der Waals surface area contributed by atoms with E-state index in [0.717, 1.165) is 50.9 Å². The van der Waals surface area contributed by atoms with Crippen LogP contribution in [0.4, 0.5) is 0 Å². The van der Waals surface area contributed by atoms with Gasteiger partial charge in [-0.15, -0.1) is 0 Å². The van der Waals surface area contributed by atoms with E-state index in [1.807, 2.05) is 0 Å². The quantitative estimate of drug-likeness (QED) is 0.0150. The average Bonchev–Trinajstić information content (AvgIpc) is 3.45. The van der Waals surface area contributed by atoms with Gasteiger partial charge in [0, 0.05) is 31.1 Å². The summed E-state index contributed by atoms with van der Waals surface area (Å²) in [6, 6.07) is 0. The molecule has 0 aromatic heterocycles. The van der Waals surface area contributed by atoms with E-state index in [1.165, 1.54) is 38.5 Å². The van der Waals surface area contributed by atoms with Crippen LogP contribution in [0.15, 0.2) is 12.2 Å². The van der Waals surface area contributed by atoms with Crippen LogP contribution in [0, 0.1) is 17.8 Å². The van der Waals surface area contributed by atoms with Crippen molar-refractivity contribution in [3.8, 4) is 0 Å². The highest BCUT2D eigenvalue weighted by Crippen LogP contribution is 2.44. The number of carbonyl (C=O) groups excluding carboxylic acids is 3. The molecule has 0 aromatic rings. The Kier molecular flexibility index (Phi) is 31.1. The minimum absolute atomic E-state index is 0.00181. The summed E-state index contributed by atoms with van der Waals surface area (Å²) in [5.41, 5.74) is 0. The SMILES string of the molecule is CCCCC[C@H](O)/C=C/[C@H]1[C@H](O)CC(=O)[C@@H]1CCCCCCC(=O)O[C@H](COC(=O)CCCCCCCCCCCCC(C)C)COP(=O)(O)OC[C@@H](O)COP(=O)(O)O. The summed E-state index contributed by atoms with van der Waals surface area (Å²) >= 11 is 0. The van der Waals surface area contributed by atoms with Crippen molar-refractivity contribution in [2.45, 2.75) is 193 Å². The minimum atomic E-state index is -4.89. The molecule has 0 spiro atoms. The van der Waals surface area contributed by atoms with Crippen LogP contribution in [0.1, 0.15) is 168 Å². The lowest BCUT2D eigenvalue weighted by molar-refractivity contribution is -0.161. The molecule has 60 heavy (non-hydrogen) atoms. The van der Waals surface area contributed by atoms with Crippen molar-refractivity contribution >= 4 is 33.4 Å². The molecule has 16 nitrogen and oxygen atoms in total. The predicted molar refractivity (Wildman–Crippen MR) is 226 cm³/mol. The van der Waals surface area contributed by atoms with Crippen molar-refractivity contribution in [3.05, 3.63) is 12.2 Å². The third-order valence-electron chi connectivity index (χ3n) is 10.5. The molecule has 0 bridgehead atoms. The third-order valence-corrected chi connectivity index (χ3v) is 11.9. The number of ketones is 1. The maximum atomic E-state index is 12.8. The fourth-order valence-electron chi connectivity index (χ4n) is 7.02. The molecule has 1 aliphatic carbocycles. The van der Waals surface area contributed by atoms with Gasteiger partial charge in [0.05, 0.1) is 32.0 Å². The molecule has 6 N–H and O–H groups in total. The largest absolute Gasteiger partial charge is 0.472 e. The standard InChI is InChI=1S/C42H78O16P2/c1-4-5-16-22-34(43)26-27-38-37(39(45)28-40(38)46)23-18-14-15-20-25-42(48)58-36(32-57-60(52,53)56-30-35(44)29-55-59(49,50)51)31-54-41(47)24-19-13-11-9-7-6-8-10-12-17-21-33(2)3/h26-27,33-38,40,43-44,46H,4-25,28-32H2,1-3H3,(H,52,53)(H2,49,50,51)/b27-26+/t34-,35-,36+,37+,38+,40+/m0/s1. The second-order valence-electron chi connectivity index (χ2n) is 16.6. The topological polar surface area (TPSA) is 253 Å². The molecule has 0 saturated heterocycles. The Labute approximate surface area is 358 Å². The normalized spacial score (nSPS) is 19.8. The maximum absolute atomic E-state index is 12.8. The van der Waals surface area contributed by atoms with E-state index in [2.05, 4.69) is 29.8 Å². The van der Waals surface area contributed by atoms with Crippen molar-refractivity contribution in [3.63, 3.8) is 0 Å². The van der Waals surface area contributed by atoms with Crippen molar-refractivity contribution in [2.24, 2.45) is 17.8 Å². The van der Waals surface area contributed by atoms with Gasteiger partial charge in [-0.1, -0.05) is 136 Å². The summed E-state index contributed by atoms with van der Waals surface area (Å²) in [6.07, 6.45) is 18.4. The lowest BCUT2D eigenvalue weighted by Gasteiger charge is -2.20. The number of phosphoric ester groups is 2. The van der Waals surface area contributed by atoms with Gasteiger partial charge < -0.3 is 39.5 Å². The van der Waals surface area contributed by atoms with E-state index in [4.69, 9.17) is 23.8 Å². The second kappa shape index (κ2) is 33.0. The highest BCUT2D eigenvalue weighted by atomic mass is 31.2. The lowest BCUT2D eigenvalue weighted by atomic mass is 9.88. The molecule has 352 valence electrons. The van der Waals surface area contributed by atoms with E-state index >= 15 is 0 Å². The molecule has 1 aliphatic rings. The zero-order chi connectivity index (χ0) is 44.8. The number of rotatable bonds is 38. The molecule has 7 atom stereocenters. The molecule has 0 amide bonds. The molecule has 1 rings (SSSR count). The van der Waals surface area contributed by atoms with Crippen molar-refractivity contribution in [2.75, 3.05) is 26.4 Å². The molecule has 0 heterocycles. The molecule has 1 saturated carbocycles. The lowest BCUT2D eigenvalue weighted by Crippen LogP contribution is -2.30. The van der Waals surface area contributed by atoms with Gasteiger partial charge in [-0.25, -0.2) is 9.13 Å². The van der Waals surface area contributed by atoms with Gasteiger partial charge in [0.1, 0.15) is 18.5 Å². The van der Waals surface area contributed by atoms with Crippen LogP contribution in [0.3, 0.4) is 0 Å². The van der Waals surface area contributed by atoms with Gasteiger partial charge in [-0.2, -0.15) is 0 Å². The van der Waals surface area contributed by atoms with Gasteiger partial charge in [-0.3, -0.25) is 28.0 Å². The number of phosphoric acid groups is 2. The molecule has 0 aromatic carbocycles. The van der Waals surface area contributed by atoms with E-state index < -0.39 is 78.4 Å². The number of hydrogen-bond acceptors (Lipinski definition) is 13. The zero-order valence-electron chi connectivity index (χ0n) is 36.4. The third kappa shape index (κ3) is 30.5. The highest BCUT2D eigenvalue weighted by molar-refractivity contribution is 7.47. The molecular weight excluding hydrogens is 822 g/mol. The van der Waals surface area contributed by atoms with Gasteiger partial charge in [0.15, 0.2) is 6.10 Å². The fourth-order valence-corrected chi connectivity index (χ4v) is 8.17. The minimum Gasteiger partial charge on any atom is -0.462 e. The first-order chi connectivity index (χ1) is 28.4. The van der Waals surface area contributed by atoms with Crippen LogP contribution < -0.4 is 0 Å². The average molecular weight is 901 g/mol. The Morgan fingerprint density at radius 3 is 1.85 bits per heavy atom. The van der Waals surface area contributed by atoms with Gasteiger partial charge >= 0.3 is 27.6 Å². The zero-order valence-corrected chi connectivity index (χ0v) is 38.2. The fraction of sp³-hybridized carbons (Fsp3) is 0.881. The van der Waals surface area contributed by atoms with Crippen LogP contribution in [0.25, 0.3) is 0 Å². The summed E-state index contributed by atoms with van der Waals surface area (Å²) in [7, 11) is -9.76. The molecular formula is C42H78O16P2. The Morgan fingerprint density at radius 2 is 1.25 bits per heavy atom. The summed E-state index contributed by atoms with van der Waals surface area (Å²) in [6.45, 7) is 3.68. The van der Waals surface area contributed by atoms with E-state index in [1.54, 1.807) is 12.2 Å². The molecule has 0 radical (unpaired) electrons. The Balaban J connectivity index is 2.55. The molecule has 1 fully saturated rings. The first-order valence-electron chi connectivity index (χ1n) is 22.3. The van der Waals surface area contributed by atoms with Crippen LogP contribution in [0.5, 0.6) is 0 Å². The number of aliphatic hydroxyl groups is 3. The Morgan fingerprint density at radius 1 is 0.717 bits per heavy atom. The molecule has 18 heteroatoms. The number of Topliss-reactive ketones (excluding diaryl/α,β-unsaturated/α-hetero) is 1. The number of esters is 2. The van der Waals surface area contributed by atoms with Crippen molar-refractivity contribution in [1.82, 2.24) is 0 Å². The first kappa shape index (κ1) is 56.5. The molecule has 0 aliphatic heterocycles. The van der Waals surface area contributed by atoms with Crippen LogP contribution in [-0.2, 0) is 46.6 Å². The monoisotopic (exact) mass is 900 g/mol. The van der Waals surface area contributed by atoms with Crippen LogP contribution >= 0.6 is 15.6 Å². The van der Waals surface area contributed by atoms with Crippen molar-refractivity contribution < 1.29 is 76.6 Å². The number of ether oxygens (including phenoxy) is 2. The number of hydrogen-bond donors (Lipinski definition) is 6. The van der Waals surface area contributed by atoms with Crippen LogP contribution in [-0.4, -0.2) is 98.6 Å². The smallest absolute Gasteiger partial charge is 0.462 e. The summed E-state index contributed by atoms with van der Waals surface area (Å²) in [4.78, 5) is 65.5. The second-order valence-corrected chi connectivity index (χ2v) is 19.3. The van der Waals surface area contributed by atoms with E-state index in [9.17, 15) is 43.7 Å². The van der Waals surface area contributed by atoms with Gasteiger partial charge in [0.2, 0.25) is 0 Å². The Bertz CT molecular complexity index is 1290. The van der Waals surface area contributed by atoms with E-state index in [0.29, 0.717) is 44.9 Å². The molecule has 1 unspecified atom stereocenters. The summed E-state index contributed by atoms with van der Waals surface area (Å²) in [5.74, 6) is -1.11. The van der Waals surface area contributed by atoms with Crippen molar-refractivity contribution in [1.29, 1.82) is 0 Å².